The van der Waals surface area contributed by atoms with Crippen LogP contribution in [0.3, 0.4) is 0 Å². The molecule has 0 saturated carbocycles. The van der Waals surface area contributed by atoms with Crippen LogP contribution in [0.25, 0.3) is 0 Å². The maximum absolute atomic E-state index is 9.61. The molecular weight excluding hydrogens is 357 g/mol. The third-order valence-electron chi connectivity index (χ3n) is 4.31. The Balaban J connectivity index is 0. The Morgan fingerprint density at radius 2 is 1.08 bits per heavy atom. The largest absolute Gasteiger partial charge is 0.466 e. The van der Waals surface area contributed by atoms with Gasteiger partial charge in [-0.1, -0.05) is 90.4 Å². The molecule has 0 aromatic heterocycles. The standard InChI is InChI=1S/C18H39NO2.H3O4P/c1-2-3-4-5-6-7-8-9-10-11-12-13-14-15-18(21)17(19)16-20;1-5(2,3)4/h17-18,20-21H,2-16,19H2,1H3;(H3,1,2,3,4)/t17-,18+;/m0./s1. The number of hydrogen-bond donors (Lipinski definition) is 6. The molecule has 0 saturated heterocycles. The number of hydrogen-bond acceptors (Lipinski definition) is 4. The Hall–Kier alpha value is -0.0100. The first kappa shape index (κ1) is 28.2. The Morgan fingerprint density at radius 3 is 1.38 bits per heavy atom. The lowest BCUT2D eigenvalue weighted by atomic mass is 10.0. The van der Waals surface area contributed by atoms with Gasteiger partial charge in [0.05, 0.1) is 18.8 Å². The van der Waals surface area contributed by atoms with Gasteiger partial charge in [0.25, 0.3) is 0 Å². The monoisotopic (exact) mass is 399 g/mol. The van der Waals surface area contributed by atoms with Crippen molar-refractivity contribution >= 4 is 7.82 Å². The number of aliphatic hydroxyl groups is 2. The highest BCUT2D eigenvalue weighted by molar-refractivity contribution is 7.45. The van der Waals surface area contributed by atoms with Gasteiger partial charge in [0.15, 0.2) is 0 Å². The van der Waals surface area contributed by atoms with E-state index in [1.54, 1.807) is 0 Å². The quantitative estimate of drug-likeness (QED) is 0.173. The molecule has 0 bridgehead atoms. The minimum atomic E-state index is -4.64. The molecule has 7 N–H and O–H groups in total. The van der Waals surface area contributed by atoms with E-state index in [-0.39, 0.29) is 6.61 Å². The molecule has 2 atom stereocenters. The predicted molar refractivity (Wildman–Crippen MR) is 106 cm³/mol. The molecule has 0 amide bonds. The molecule has 26 heavy (non-hydrogen) atoms. The zero-order valence-electron chi connectivity index (χ0n) is 16.4. The molecule has 7 nitrogen and oxygen atoms in total. The molecule has 0 unspecified atom stereocenters. The molecule has 0 radical (unpaired) electrons. The number of unbranched alkanes of at least 4 members (excludes halogenated alkanes) is 12. The lowest BCUT2D eigenvalue weighted by Crippen LogP contribution is -2.37. The molecule has 0 rings (SSSR count). The summed E-state index contributed by atoms with van der Waals surface area (Å²) < 4.78 is 8.88. The van der Waals surface area contributed by atoms with Crippen molar-refractivity contribution in [2.45, 2.75) is 109 Å². The molecule has 0 aliphatic carbocycles. The predicted octanol–water partition coefficient (Wildman–Crippen LogP) is 3.22. The van der Waals surface area contributed by atoms with E-state index in [9.17, 15) is 5.11 Å². The van der Waals surface area contributed by atoms with Crippen molar-refractivity contribution in [3.8, 4) is 0 Å². The summed E-state index contributed by atoms with van der Waals surface area (Å²) in [5.74, 6) is 0. The van der Waals surface area contributed by atoms with Crippen LogP contribution in [0.4, 0.5) is 0 Å². The fourth-order valence-electron chi connectivity index (χ4n) is 2.71. The maximum atomic E-state index is 9.61. The van der Waals surface area contributed by atoms with Crippen LogP contribution in [0.1, 0.15) is 96.8 Å². The van der Waals surface area contributed by atoms with E-state index in [1.807, 2.05) is 0 Å². The molecule has 0 fully saturated rings. The molecule has 0 aliphatic heterocycles. The molecule has 160 valence electrons. The summed E-state index contributed by atoms with van der Waals surface area (Å²) in [6, 6.07) is -0.470. The van der Waals surface area contributed by atoms with Crippen molar-refractivity contribution in [3.05, 3.63) is 0 Å². The second kappa shape index (κ2) is 19.7. The van der Waals surface area contributed by atoms with Crippen LogP contribution in [0.2, 0.25) is 0 Å². The van der Waals surface area contributed by atoms with Crippen molar-refractivity contribution in [2.75, 3.05) is 6.61 Å². The van der Waals surface area contributed by atoms with Gasteiger partial charge in [0.1, 0.15) is 0 Å². The van der Waals surface area contributed by atoms with Crippen molar-refractivity contribution in [3.63, 3.8) is 0 Å². The summed E-state index contributed by atoms with van der Waals surface area (Å²) in [4.78, 5) is 21.6. The highest BCUT2D eigenvalue weighted by Crippen LogP contribution is 2.25. The number of nitrogens with two attached hydrogens (primary N) is 1. The third-order valence-corrected chi connectivity index (χ3v) is 4.31. The molecular formula is C18H42NO6P. The van der Waals surface area contributed by atoms with Crippen molar-refractivity contribution in [2.24, 2.45) is 5.73 Å². The van der Waals surface area contributed by atoms with E-state index in [4.69, 9.17) is 30.1 Å². The van der Waals surface area contributed by atoms with E-state index < -0.39 is 20.0 Å². The van der Waals surface area contributed by atoms with Crippen LogP contribution in [-0.4, -0.2) is 43.6 Å². The van der Waals surface area contributed by atoms with Gasteiger partial charge in [-0.2, -0.15) is 0 Å². The minimum Gasteiger partial charge on any atom is -0.395 e. The summed E-state index contributed by atoms with van der Waals surface area (Å²) in [6.45, 7) is 2.14. The van der Waals surface area contributed by atoms with Gasteiger partial charge < -0.3 is 30.6 Å². The summed E-state index contributed by atoms with van der Waals surface area (Å²) in [7, 11) is -4.64. The Kier molecular flexibility index (Phi) is 21.4. The topological polar surface area (TPSA) is 144 Å². The SMILES string of the molecule is CCCCCCCCCCCCCCC[C@@H](O)[C@@H](N)CO.O=P(O)(O)O. The van der Waals surface area contributed by atoms with E-state index in [2.05, 4.69) is 6.92 Å². The van der Waals surface area contributed by atoms with Crippen LogP contribution in [0.15, 0.2) is 0 Å². The van der Waals surface area contributed by atoms with Crippen LogP contribution >= 0.6 is 7.82 Å². The zero-order chi connectivity index (χ0) is 20.3. The molecule has 0 aliphatic rings. The fraction of sp³-hybridized carbons (Fsp3) is 1.00. The second-order valence-corrected chi connectivity index (χ2v) is 7.98. The molecule has 0 aromatic carbocycles. The smallest absolute Gasteiger partial charge is 0.395 e. The van der Waals surface area contributed by atoms with Gasteiger partial charge >= 0.3 is 7.82 Å². The van der Waals surface area contributed by atoms with Crippen molar-refractivity contribution in [1.29, 1.82) is 0 Å². The first-order valence-corrected chi connectivity index (χ1v) is 11.6. The first-order chi connectivity index (χ1) is 12.2. The van der Waals surface area contributed by atoms with Gasteiger partial charge in [0, 0.05) is 0 Å². The lowest BCUT2D eigenvalue weighted by molar-refractivity contribution is 0.0990. The number of rotatable bonds is 16. The van der Waals surface area contributed by atoms with E-state index >= 15 is 0 Å². The first-order valence-electron chi connectivity index (χ1n) is 10.0. The van der Waals surface area contributed by atoms with E-state index in [0.29, 0.717) is 0 Å². The lowest BCUT2D eigenvalue weighted by Gasteiger charge is -2.15. The number of aliphatic hydroxyl groups excluding tert-OH is 2. The summed E-state index contributed by atoms with van der Waals surface area (Å²) in [5, 5.41) is 18.4. The highest BCUT2D eigenvalue weighted by atomic mass is 31.2. The Morgan fingerprint density at radius 1 is 0.769 bits per heavy atom. The van der Waals surface area contributed by atoms with Crippen LogP contribution in [0, 0.1) is 0 Å². The summed E-state index contributed by atoms with van der Waals surface area (Å²) >= 11 is 0. The molecule has 8 heteroatoms. The van der Waals surface area contributed by atoms with Crippen LogP contribution in [-0.2, 0) is 4.57 Å². The highest BCUT2D eigenvalue weighted by Gasteiger charge is 2.12. The fourth-order valence-corrected chi connectivity index (χ4v) is 2.71. The molecule has 0 aromatic rings. The van der Waals surface area contributed by atoms with Gasteiger partial charge in [-0.05, 0) is 6.42 Å². The van der Waals surface area contributed by atoms with Gasteiger partial charge in [-0.3, -0.25) is 0 Å². The van der Waals surface area contributed by atoms with E-state index in [0.717, 1.165) is 12.8 Å². The molecule has 0 spiro atoms. The van der Waals surface area contributed by atoms with E-state index in [1.165, 1.54) is 77.0 Å². The maximum Gasteiger partial charge on any atom is 0.466 e. The number of phosphoric acid groups is 1. The van der Waals surface area contributed by atoms with Gasteiger partial charge in [-0.15, -0.1) is 0 Å². The average molecular weight is 400 g/mol. The average Bonchev–Trinajstić information content (AvgIpc) is 2.56. The summed E-state index contributed by atoms with van der Waals surface area (Å²) in [5.41, 5.74) is 5.56. The van der Waals surface area contributed by atoms with Crippen LogP contribution < -0.4 is 5.73 Å². The second-order valence-electron chi connectivity index (χ2n) is 6.96. The van der Waals surface area contributed by atoms with Crippen molar-refractivity contribution < 1.29 is 29.5 Å². The van der Waals surface area contributed by atoms with Crippen molar-refractivity contribution in [1.82, 2.24) is 0 Å². The van der Waals surface area contributed by atoms with Crippen LogP contribution in [0.5, 0.6) is 0 Å². The van der Waals surface area contributed by atoms with Gasteiger partial charge in [-0.25, -0.2) is 4.57 Å². The minimum absolute atomic E-state index is 0.125. The Bertz CT molecular complexity index is 319. The Labute approximate surface area is 159 Å². The van der Waals surface area contributed by atoms with Gasteiger partial charge in [0.2, 0.25) is 0 Å². The zero-order valence-corrected chi connectivity index (χ0v) is 17.3. The third kappa shape index (κ3) is 28.8. The summed E-state index contributed by atoms with van der Waals surface area (Å²) in [6.07, 6.45) is 17.5. The normalized spacial score (nSPS) is 13.8. The molecule has 0 heterocycles.